The Hall–Kier alpha value is -4.59. The van der Waals surface area contributed by atoms with Crippen LogP contribution in [0.5, 0.6) is 5.75 Å². The second kappa shape index (κ2) is 15.1. The van der Waals surface area contributed by atoms with Gasteiger partial charge in [-0.3, -0.25) is 4.99 Å². The van der Waals surface area contributed by atoms with Crippen LogP contribution in [0.3, 0.4) is 0 Å². The van der Waals surface area contributed by atoms with E-state index in [-0.39, 0.29) is 24.5 Å². The molecular weight excluding hydrogens is 592 g/mol. The molecule has 0 aliphatic carbocycles. The zero-order chi connectivity index (χ0) is 33.4. The Balaban J connectivity index is 1.66. The lowest BCUT2D eigenvalue weighted by atomic mass is 9.99. The van der Waals surface area contributed by atoms with Crippen molar-refractivity contribution in [1.29, 1.82) is 0 Å². The molecular formula is C35H43F2N5O4. The number of ether oxygens (including phenoxy) is 3. The minimum atomic E-state index is -1.00. The second-order valence-electron chi connectivity index (χ2n) is 12.4. The van der Waals surface area contributed by atoms with Crippen molar-refractivity contribution in [3.05, 3.63) is 83.3 Å². The maximum absolute atomic E-state index is 13.7. The van der Waals surface area contributed by atoms with Gasteiger partial charge in [0.2, 0.25) is 0 Å². The number of amides is 1. The van der Waals surface area contributed by atoms with Gasteiger partial charge in [-0.25, -0.2) is 18.6 Å². The largest absolute Gasteiger partial charge is 0.497 e. The van der Waals surface area contributed by atoms with Crippen molar-refractivity contribution >= 4 is 11.9 Å². The topological polar surface area (TPSA) is 90.2 Å². The zero-order valence-corrected chi connectivity index (χ0v) is 27.5. The predicted molar refractivity (Wildman–Crippen MR) is 174 cm³/mol. The molecule has 2 atom stereocenters. The Morgan fingerprint density at radius 3 is 2.63 bits per heavy atom. The van der Waals surface area contributed by atoms with E-state index < -0.39 is 23.0 Å². The first-order valence-electron chi connectivity index (χ1n) is 15.4. The highest BCUT2D eigenvalue weighted by Gasteiger charge is 2.30. The highest BCUT2D eigenvalue weighted by atomic mass is 19.1. The summed E-state index contributed by atoms with van der Waals surface area (Å²) < 4.78 is 45.5. The van der Waals surface area contributed by atoms with Crippen molar-refractivity contribution in [3.8, 4) is 17.6 Å². The standard InChI is InChI=1S/C35H43F2N5O4/c1-23-10-8-17-38-33(39-20-27-16-18-41(21-27)34(43)46-35(4,5)6)30-31(23)42(22-26-12-14-28(44-7)15-13-26)29(40-30)11-9-19-45-32(24(2)36)25(3)37/h8,12-15,17,23,27H,2,10,16,18-22H2,1,3-7H3,(H,38,39). The number of imidazole rings is 1. The average Bonchev–Trinajstić information content (AvgIpc) is 3.60. The van der Waals surface area contributed by atoms with Gasteiger partial charge in [0.15, 0.2) is 23.2 Å². The van der Waals surface area contributed by atoms with Gasteiger partial charge in [-0.2, -0.15) is 0 Å². The molecule has 3 heterocycles. The van der Waals surface area contributed by atoms with E-state index in [1.807, 2.05) is 51.2 Å². The van der Waals surface area contributed by atoms with Crippen LogP contribution in [-0.2, 0) is 16.0 Å². The van der Waals surface area contributed by atoms with Gasteiger partial charge in [-0.05, 0) is 76.3 Å². The van der Waals surface area contributed by atoms with Crippen molar-refractivity contribution in [2.24, 2.45) is 10.9 Å². The number of fused-ring (bicyclic) bond motifs is 1. The van der Waals surface area contributed by atoms with E-state index in [0.717, 1.165) is 36.8 Å². The summed E-state index contributed by atoms with van der Waals surface area (Å²) in [4.78, 5) is 24.2. The number of aliphatic imine (C=N–C) groups is 1. The van der Waals surface area contributed by atoms with E-state index >= 15 is 0 Å². The molecule has 0 bridgehead atoms. The summed E-state index contributed by atoms with van der Waals surface area (Å²) in [5.74, 6) is 5.59. The number of benzene rings is 1. The third-order valence-electron chi connectivity index (χ3n) is 7.52. The number of methoxy groups -OCH3 is 1. The lowest BCUT2D eigenvalue weighted by molar-refractivity contribution is 0.0289. The van der Waals surface area contributed by atoms with Gasteiger partial charge in [0.25, 0.3) is 0 Å². The molecule has 2 aromatic rings. The zero-order valence-electron chi connectivity index (χ0n) is 27.5. The summed E-state index contributed by atoms with van der Waals surface area (Å²) in [6, 6.07) is 7.76. The molecule has 1 fully saturated rings. The molecule has 1 amide bonds. The number of carbonyl (C=O) groups excluding carboxylic acids is 1. The van der Waals surface area contributed by atoms with Crippen LogP contribution in [0.15, 0.2) is 65.5 Å². The molecule has 11 heteroatoms. The smallest absolute Gasteiger partial charge is 0.410 e. The number of allylic oxidation sites excluding steroid dienone is 3. The summed E-state index contributed by atoms with van der Waals surface area (Å²) in [6.07, 6.45) is 5.20. The van der Waals surface area contributed by atoms with Crippen LogP contribution in [0.1, 0.15) is 76.2 Å². The Morgan fingerprint density at radius 1 is 1.24 bits per heavy atom. The van der Waals surface area contributed by atoms with Crippen molar-refractivity contribution in [1.82, 2.24) is 19.8 Å². The molecule has 0 radical (unpaired) electrons. The van der Waals surface area contributed by atoms with Crippen molar-refractivity contribution < 1.29 is 27.8 Å². The number of halogens is 2. The maximum Gasteiger partial charge on any atom is 0.410 e. The Morgan fingerprint density at radius 2 is 1.98 bits per heavy atom. The number of nitrogens with one attached hydrogen (secondary N) is 1. The maximum atomic E-state index is 13.7. The molecule has 246 valence electrons. The van der Waals surface area contributed by atoms with E-state index in [1.54, 1.807) is 12.0 Å². The van der Waals surface area contributed by atoms with Crippen LogP contribution in [-0.4, -0.2) is 65.3 Å². The number of rotatable bonds is 8. The molecule has 46 heavy (non-hydrogen) atoms. The summed E-state index contributed by atoms with van der Waals surface area (Å²) in [6.45, 7) is 13.8. The number of nitrogens with zero attached hydrogens (tertiary/aromatic N) is 4. The molecule has 1 aromatic carbocycles. The fourth-order valence-corrected chi connectivity index (χ4v) is 5.30. The van der Waals surface area contributed by atoms with Crippen molar-refractivity contribution in [3.63, 3.8) is 0 Å². The Kier molecular flexibility index (Phi) is 11.3. The summed E-state index contributed by atoms with van der Waals surface area (Å²) in [5.41, 5.74) is 2.09. The first-order chi connectivity index (χ1) is 21.9. The monoisotopic (exact) mass is 635 g/mol. The first-order valence-corrected chi connectivity index (χ1v) is 15.4. The van der Waals surface area contributed by atoms with Gasteiger partial charge < -0.3 is 29.0 Å². The average molecular weight is 636 g/mol. The molecule has 1 saturated heterocycles. The molecule has 9 nitrogen and oxygen atoms in total. The predicted octanol–water partition coefficient (Wildman–Crippen LogP) is 6.61. The number of hydrogen-bond donors (Lipinski definition) is 1. The van der Waals surface area contributed by atoms with Crippen LogP contribution < -0.4 is 10.1 Å². The third-order valence-corrected chi connectivity index (χ3v) is 7.52. The molecule has 2 aliphatic heterocycles. The number of aromatic nitrogens is 2. The number of likely N-dealkylation sites (tertiary alicyclic amines) is 1. The first kappa shape index (κ1) is 34.3. The van der Waals surface area contributed by atoms with Gasteiger partial charge in [-0.15, -0.1) is 0 Å². The fraction of sp³-hybridized carbons (Fsp3) is 0.457. The van der Waals surface area contributed by atoms with E-state index in [0.29, 0.717) is 43.5 Å². The highest BCUT2D eigenvalue weighted by Crippen LogP contribution is 2.29. The van der Waals surface area contributed by atoms with Crippen molar-refractivity contribution in [2.75, 3.05) is 33.4 Å². The molecule has 2 aliphatic rings. The summed E-state index contributed by atoms with van der Waals surface area (Å²) in [7, 11) is 1.62. The molecule has 1 aromatic heterocycles. The van der Waals surface area contributed by atoms with Crippen molar-refractivity contribution in [2.45, 2.75) is 65.5 Å². The van der Waals surface area contributed by atoms with Gasteiger partial charge in [0, 0.05) is 32.1 Å². The van der Waals surface area contributed by atoms with Crippen LogP contribution >= 0.6 is 0 Å². The summed E-state index contributed by atoms with van der Waals surface area (Å²) >= 11 is 0. The lowest BCUT2D eigenvalue weighted by Gasteiger charge is -2.24. The Bertz CT molecular complexity index is 1570. The van der Waals surface area contributed by atoms with E-state index in [4.69, 9.17) is 24.2 Å². The summed E-state index contributed by atoms with van der Waals surface area (Å²) in [5, 5.41) is 3.31. The van der Waals surface area contributed by atoms with Crippen LogP contribution in [0.4, 0.5) is 13.6 Å². The van der Waals surface area contributed by atoms with Gasteiger partial charge in [0.1, 0.15) is 29.5 Å². The molecule has 4 rings (SSSR count). The lowest BCUT2D eigenvalue weighted by Crippen LogP contribution is -2.35. The molecule has 1 N–H and O–H groups in total. The molecule has 0 spiro atoms. The second-order valence-corrected chi connectivity index (χ2v) is 12.4. The van der Waals surface area contributed by atoms with Crippen LogP contribution in [0.2, 0.25) is 0 Å². The number of hydrogen-bond acceptors (Lipinski definition) is 6. The molecule has 2 unspecified atom stereocenters. The van der Waals surface area contributed by atoms with E-state index in [2.05, 4.69) is 41.3 Å². The minimum Gasteiger partial charge on any atom is -0.497 e. The minimum absolute atomic E-state index is 0.0730. The SMILES string of the molecule is C=C(F)C(OCC#Cc1nc2c(n1Cc1ccc(OC)cc1)C(C)CC=CNC2=NCC1CCN(C(=O)OC(C)(C)C)C1)=C(C)F. The quantitative estimate of drug-likeness (QED) is 0.200. The van der Waals surface area contributed by atoms with E-state index in [9.17, 15) is 13.6 Å². The normalized spacial score (nSPS) is 19.2. The third kappa shape index (κ3) is 8.99. The van der Waals surface area contributed by atoms with Crippen LogP contribution in [0, 0.1) is 17.8 Å². The van der Waals surface area contributed by atoms with E-state index in [1.165, 1.54) is 0 Å². The molecule has 0 saturated carbocycles. The number of amidine groups is 1. The fourth-order valence-electron chi connectivity index (χ4n) is 5.30. The number of carbonyl (C=O) groups is 1. The van der Waals surface area contributed by atoms with Gasteiger partial charge >= 0.3 is 6.09 Å². The highest BCUT2D eigenvalue weighted by molar-refractivity contribution is 5.99. The van der Waals surface area contributed by atoms with Gasteiger partial charge in [-0.1, -0.05) is 37.6 Å². The van der Waals surface area contributed by atoms with Gasteiger partial charge in [0.05, 0.1) is 12.8 Å². The Labute approximate surface area is 270 Å². The van der Waals surface area contributed by atoms with Crippen LogP contribution in [0.25, 0.3) is 0 Å².